The first-order valence-corrected chi connectivity index (χ1v) is 5.71. The summed E-state index contributed by atoms with van der Waals surface area (Å²) in [4.78, 5) is 21.8. The number of hydrogen-bond acceptors (Lipinski definition) is 4. The number of amides is 1. The smallest absolute Gasteiger partial charge is 0.278 e. The van der Waals surface area contributed by atoms with E-state index in [-0.39, 0.29) is 5.91 Å². The average Bonchev–Trinajstić information content (AvgIpc) is 2.10. The van der Waals surface area contributed by atoms with Gasteiger partial charge in [-0.05, 0) is 25.4 Å². The first-order chi connectivity index (χ1) is 6.49. The van der Waals surface area contributed by atoms with Gasteiger partial charge in [-0.1, -0.05) is 0 Å². The summed E-state index contributed by atoms with van der Waals surface area (Å²) < 4.78 is 0. The molecule has 0 fully saturated rings. The first-order valence-electron chi connectivity index (χ1n) is 4.32. The second-order valence-electron chi connectivity index (χ2n) is 3.06. The molecule has 0 bridgehead atoms. The highest BCUT2D eigenvalue weighted by atomic mass is 32.2. The third kappa shape index (κ3) is 5.08. The van der Waals surface area contributed by atoms with Gasteiger partial charge < -0.3 is 21.0 Å². The maximum absolute atomic E-state index is 11.1. The Balaban J connectivity index is 4.09. The number of aliphatic carboxylic acids is 1. The summed E-state index contributed by atoms with van der Waals surface area (Å²) in [5, 5.41) is 13.0. The van der Waals surface area contributed by atoms with Crippen LogP contribution in [0.3, 0.4) is 0 Å². The Morgan fingerprint density at radius 3 is 2.50 bits per heavy atom. The lowest BCUT2D eigenvalue weighted by Crippen LogP contribution is -2.67. The van der Waals surface area contributed by atoms with Crippen LogP contribution in [-0.4, -0.2) is 36.0 Å². The molecular weight excluding hydrogens is 204 g/mol. The first kappa shape index (κ1) is 13.2. The van der Waals surface area contributed by atoms with Crippen LogP contribution in [0.15, 0.2) is 0 Å². The van der Waals surface area contributed by atoms with Gasteiger partial charge in [-0.15, -0.1) is 0 Å². The van der Waals surface area contributed by atoms with E-state index in [4.69, 9.17) is 0 Å². The number of carboxylic acid groups (broad SMARTS) is 1. The molecule has 0 saturated heterocycles. The maximum atomic E-state index is 11.1. The normalized spacial score (nSPS) is 14.5. The number of carbonyl (C=O) groups excluding carboxylic acids is 2. The van der Waals surface area contributed by atoms with Crippen LogP contribution in [-0.2, 0) is 9.59 Å². The minimum Gasteiger partial charge on any atom is -0.548 e. The molecule has 0 unspecified atom stereocenters. The van der Waals surface area contributed by atoms with Gasteiger partial charge in [0.2, 0.25) is 0 Å². The summed E-state index contributed by atoms with van der Waals surface area (Å²) in [5.41, 5.74) is 3.50. The van der Waals surface area contributed by atoms with E-state index in [0.29, 0.717) is 12.2 Å². The summed E-state index contributed by atoms with van der Waals surface area (Å²) in [6, 6.07) is -1.36. The van der Waals surface area contributed by atoms with Crippen molar-refractivity contribution >= 4 is 23.6 Å². The molecule has 0 aromatic carbocycles. The lowest BCUT2D eigenvalue weighted by molar-refractivity contribution is -0.398. The Hall–Kier alpha value is -0.750. The monoisotopic (exact) mass is 220 g/mol. The Labute approximate surface area is 87.4 Å². The van der Waals surface area contributed by atoms with Crippen LogP contribution >= 0.6 is 11.8 Å². The number of hydrogen-bond donors (Lipinski definition) is 2. The Bertz CT molecular complexity index is 209. The van der Waals surface area contributed by atoms with Gasteiger partial charge in [-0.25, -0.2) is 0 Å². The third-order valence-electron chi connectivity index (χ3n) is 1.66. The summed E-state index contributed by atoms with van der Waals surface area (Å²) in [6.07, 6.45) is 2.25. The van der Waals surface area contributed by atoms with E-state index in [1.807, 2.05) is 6.26 Å². The molecular formula is C8H16N2O3S. The molecule has 14 heavy (non-hydrogen) atoms. The molecule has 0 aliphatic carbocycles. The van der Waals surface area contributed by atoms with E-state index >= 15 is 0 Å². The van der Waals surface area contributed by atoms with Crippen molar-refractivity contribution in [3.8, 4) is 0 Å². The van der Waals surface area contributed by atoms with Crippen molar-refractivity contribution in [3.05, 3.63) is 0 Å². The molecule has 5 nitrogen and oxygen atoms in total. The largest absolute Gasteiger partial charge is 0.548 e. The summed E-state index contributed by atoms with van der Waals surface area (Å²) >= 11 is 1.52. The van der Waals surface area contributed by atoms with Crippen LogP contribution in [0.1, 0.15) is 13.3 Å². The zero-order valence-corrected chi connectivity index (χ0v) is 9.23. The van der Waals surface area contributed by atoms with Gasteiger partial charge in [-0.2, -0.15) is 11.8 Å². The lowest BCUT2D eigenvalue weighted by atomic mass is 10.2. The standard InChI is InChI=1S/C8H16N2O3S/c1-5(9)7(11)10-6(8(12)13)3-4-14-2/h5-6H,3-4,9H2,1-2H3,(H,10,11)(H,12,13)/t5-,6+/m0/s1. The highest BCUT2D eigenvalue weighted by Gasteiger charge is 2.17. The molecule has 6 heteroatoms. The zero-order valence-electron chi connectivity index (χ0n) is 8.41. The van der Waals surface area contributed by atoms with Crippen molar-refractivity contribution in [1.82, 2.24) is 5.32 Å². The van der Waals surface area contributed by atoms with E-state index in [2.05, 4.69) is 11.1 Å². The topological polar surface area (TPSA) is 96.9 Å². The molecule has 0 aromatic heterocycles. The van der Waals surface area contributed by atoms with Gasteiger partial charge in [0, 0.05) is 0 Å². The van der Waals surface area contributed by atoms with Crippen LogP contribution in [0, 0.1) is 0 Å². The van der Waals surface area contributed by atoms with Crippen LogP contribution < -0.4 is 16.2 Å². The molecule has 0 aromatic rings. The number of quaternary nitrogens is 1. The van der Waals surface area contributed by atoms with E-state index in [0.717, 1.165) is 0 Å². The van der Waals surface area contributed by atoms with Crippen molar-refractivity contribution in [2.24, 2.45) is 0 Å². The lowest BCUT2D eigenvalue weighted by Gasteiger charge is -2.19. The van der Waals surface area contributed by atoms with Crippen molar-refractivity contribution in [3.63, 3.8) is 0 Å². The van der Waals surface area contributed by atoms with Crippen molar-refractivity contribution in [2.45, 2.75) is 25.4 Å². The highest BCUT2D eigenvalue weighted by molar-refractivity contribution is 7.98. The van der Waals surface area contributed by atoms with Gasteiger partial charge in [0.05, 0.1) is 12.0 Å². The predicted octanol–water partition coefficient (Wildman–Crippen LogP) is -2.40. The number of thioether (sulfide) groups is 1. The van der Waals surface area contributed by atoms with E-state index in [9.17, 15) is 14.7 Å². The van der Waals surface area contributed by atoms with Crippen LogP contribution in [0.4, 0.5) is 0 Å². The van der Waals surface area contributed by atoms with Crippen LogP contribution in [0.2, 0.25) is 0 Å². The third-order valence-corrected chi connectivity index (χ3v) is 2.30. The fourth-order valence-electron chi connectivity index (χ4n) is 0.799. The van der Waals surface area contributed by atoms with Gasteiger partial charge in [0.15, 0.2) is 6.04 Å². The van der Waals surface area contributed by atoms with Gasteiger partial charge in [-0.3, -0.25) is 4.79 Å². The van der Waals surface area contributed by atoms with Crippen molar-refractivity contribution in [2.75, 3.05) is 12.0 Å². The van der Waals surface area contributed by atoms with Gasteiger partial charge in [0.1, 0.15) is 0 Å². The van der Waals surface area contributed by atoms with Crippen LogP contribution in [0.25, 0.3) is 0 Å². The molecule has 0 aliphatic rings. The van der Waals surface area contributed by atoms with E-state index in [1.165, 1.54) is 11.8 Å². The quantitative estimate of drug-likeness (QED) is 0.521. The second-order valence-corrected chi connectivity index (χ2v) is 4.05. The van der Waals surface area contributed by atoms with Gasteiger partial charge in [0.25, 0.3) is 5.91 Å². The van der Waals surface area contributed by atoms with Crippen molar-refractivity contribution in [1.29, 1.82) is 0 Å². The minimum atomic E-state index is -1.24. The minimum absolute atomic E-state index is 0.361. The molecule has 82 valence electrons. The van der Waals surface area contributed by atoms with Crippen molar-refractivity contribution < 1.29 is 20.4 Å². The highest BCUT2D eigenvalue weighted by Crippen LogP contribution is 2.00. The van der Waals surface area contributed by atoms with Crippen LogP contribution in [0.5, 0.6) is 0 Å². The Morgan fingerprint density at radius 1 is 1.57 bits per heavy atom. The molecule has 0 radical (unpaired) electrons. The summed E-state index contributed by atoms with van der Waals surface area (Å²) in [5.74, 6) is -0.932. The predicted molar refractivity (Wildman–Crippen MR) is 52.3 cm³/mol. The summed E-state index contributed by atoms with van der Waals surface area (Å²) in [6.45, 7) is 1.61. The fourth-order valence-corrected chi connectivity index (χ4v) is 1.27. The average molecular weight is 220 g/mol. The zero-order chi connectivity index (χ0) is 11.1. The Morgan fingerprint density at radius 2 is 2.14 bits per heavy atom. The molecule has 0 aliphatic heterocycles. The summed E-state index contributed by atoms with van der Waals surface area (Å²) in [7, 11) is 0. The molecule has 2 atom stereocenters. The molecule has 0 rings (SSSR count). The number of carboxylic acids is 1. The van der Waals surface area contributed by atoms with E-state index in [1.54, 1.807) is 6.92 Å². The maximum Gasteiger partial charge on any atom is 0.278 e. The van der Waals surface area contributed by atoms with Gasteiger partial charge >= 0.3 is 0 Å². The Kier molecular flexibility index (Phi) is 6.31. The second kappa shape index (κ2) is 6.67. The molecule has 1 amide bonds. The number of nitrogens with one attached hydrogen (secondary N) is 1. The number of carbonyl (C=O) groups is 2. The molecule has 4 N–H and O–H groups in total. The molecule has 0 saturated carbocycles. The van der Waals surface area contributed by atoms with E-state index < -0.39 is 18.1 Å². The molecule has 0 heterocycles. The fraction of sp³-hybridized carbons (Fsp3) is 0.750. The molecule has 0 spiro atoms. The number of rotatable bonds is 6. The SMILES string of the molecule is CSCC[C@@H](NC(=O)[C@H](C)[NH3+])C(=O)[O-].